The normalized spacial score (nSPS) is 20.2. The summed E-state index contributed by atoms with van der Waals surface area (Å²) in [4.78, 5) is 56.7. The predicted octanol–water partition coefficient (Wildman–Crippen LogP) is 6.34. The van der Waals surface area contributed by atoms with Crippen LogP contribution < -0.4 is 31.3 Å². The second-order valence-electron chi connectivity index (χ2n) is 16.6. The minimum atomic E-state index is -0.241. The molecule has 13 heteroatoms. The Labute approximate surface area is 344 Å². The van der Waals surface area contributed by atoms with Gasteiger partial charge in [0.25, 0.3) is 5.56 Å². The van der Waals surface area contributed by atoms with Crippen LogP contribution in [0.15, 0.2) is 84.3 Å². The number of nitrogens with one attached hydrogen (secondary N) is 3. The quantitative estimate of drug-likeness (QED) is 0.0968. The number of allylic oxidation sites excluding steroid dienone is 1. The Morgan fingerprint density at radius 2 is 1.54 bits per heavy atom. The Hall–Kier alpha value is -5.82. The smallest absolute Gasteiger partial charge is 0.278 e. The molecule has 3 N–H and O–H groups in total. The summed E-state index contributed by atoms with van der Waals surface area (Å²) in [7, 11) is 0. The number of rotatable bonds is 12. The summed E-state index contributed by atoms with van der Waals surface area (Å²) >= 11 is 0. The molecule has 6 heterocycles. The summed E-state index contributed by atoms with van der Waals surface area (Å²) in [6, 6.07) is 21.5. The van der Waals surface area contributed by atoms with Crippen LogP contribution in [-0.4, -0.2) is 74.9 Å². The minimum Gasteiger partial charge on any atom is -0.372 e. The molecule has 4 aliphatic rings. The molecule has 59 heavy (non-hydrogen) atoms. The van der Waals surface area contributed by atoms with Crippen LogP contribution in [0, 0.1) is 5.92 Å². The molecule has 0 saturated carbocycles. The molecule has 3 aliphatic heterocycles. The van der Waals surface area contributed by atoms with Gasteiger partial charge in [-0.25, -0.2) is 19.3 Å². The van der Waals surface area contributed by atoms with Crippen molar-refractivity contribution in [2.24, 2.45) is 5.92 Å². The first-order valence-electron chi connectivity index (χ1n) is 21.5. The number of imide groups is 1. The van der Waals surface area contributed by atoms with Gasteiger partial charge >= 0.3 is 0 Å². The van der Waals surface area contributed by atoms with Gasteiger partial charge in [0.05, 0.1) is 12.5 Å². The topological polar surface area (TPSA) is 142 Å². The number of fused-ring (bicyclic) bond motifs is 2. The lowest BCUT2D eigenvalue weighted by Crippen LogP contribution is -2.45. The monoisotopic (exact) mass is 794 g/mol. The first-order valence-corrected chi connectivity index (χ1v) is 21.5. The van der Waals surface area contributed by atoms with Crippen molar-refractivity contribution in [2.75, 3.05) is 47.8 Å². The average Bonchev–Trinajstić information content (AvgIpc) is 3.80. The molecule has 0 bridgehead atoms. The molecule has 3 saturated heterocycles. The molecule has 2 amide bonds. The molecule has 3 aromatic heterocycles. The zero-order valence-corrected chi connectivity index (χ0v) is 33.9. The van der Waals surface area contributed by atoms with Crippen LogP contribution in [0.5, 0.6) is 0 Å². The summed E-state index contributed by atoms with van der Waals surface area (Å²) in [5, 5.41) is 10.2. The maximum atomic E-state index is 13.5. The standard InChI is InChI=1S/C46H54N10O3/c1-3-23-55-45(59)39-29-48-46(52-43(39)56(55)40-17-9-33-6-5-31(4-2)42(33)50-40)49-35-10-14-37(15-11-35)53-24-19-30(20-25-53)28-47-34-21-26-54(27-22-34)36-12-7-32(8-13-36)38-16-18-41(57)51-44(38)58/h3,7-15,17,29-31,34,38,47H,1,4-6,16,18-28H2,2H3,(H,48,49,52)(H,51,57,58). The molecule has 2 atom stereocenters. The highest BCUT2D eigenvalue weighted by atomic mass is 16.2. The van der Waals surface area contributed by atoms with Crippen molar-refractivity contribution in [3.8, 4) is 5.82 Å². The van der Waals surface area contributed by atoms with Crippen molar-refractivity contribution >= 4 is 45.9 Å². The maximum Gasteiger partial charge on any atom is 0.278 e. The third-order valence-electron chi connectivity index (χ3n) is 13.0. The molecule has 0 radical (unpaired) electrons. The summed E-state index contributed by atoms with van der Waals surface area (Å²) < 4.78 is 3.45. The number of carbonyl (C=O) groups is 2. The number of nitrogens with zero attached hydrogens (tertiary/aromatic N) is 7. The summed E-state index contributed by atoms with van der Waals surface area (Å²) in [6.45, 7) is 11.6. The highest BCUT2D eigenvalue weighted by molar-refractivity contribution is 6.01. The number of hydrogen-bond acceptors (Lipinski definition) is 10. The van der Waals surface area contributed by atoms with Gasteiger partial charge in [-0.1, -0.05) is 31.2 Å². The van der Waals surface area contributed by atoms with E-state index < -0.39 is 0 Å². The Morgan fingerprint density at radius 3 is 2.24 bits per heavy atom. The summed E-state index contributed by atoms with van der Waals surface area (Å²) in [6.07, 6.45) is 12.0. The zero-order valence-electron chi connectivity index (χ0n) is 33.9. The molecule has 5 aromatic rings. The van der Waals surface area contributed by atoms with Gasteiger partial charge in [-0.15, -0.1) is 6.58 Å². The largest absolute Gasteiger partial charge is 0.372 e. The minimum absolute atomic E-state index is 0.167. The van der Waals surface area contributed by atoms with Crippen molar-refractivity contribution in [3.05, 3.63) is 107 Å². The Kier molecular flexibility index (Phi) is 11.0. The number of anilines is 4. The van der Waals surface area contributed by atoms with Gasteiger partial charge in [-0.3, -0.25) is 19.7 Å². The fourth-order valence-corrected chi connectivity index (χ4v) is 9.53. The third-order valence-corrected chi connectivity index (χ3v) is 13.0. The SMILES string of the molecule is C=CCn1c(=O)c2cnc(Nc3ccc(N4CCC(CNC5CCN(c6ccc(C7CCC(=O)NC7=O)cc6)CC5)CC4)cc3)nc2n1-c1ccc2c(n1)C(CC)CC2. The fraction of sp³-hybridized carbons (Fsp3) is 0.435. The van der Waals surface area contributed by atoms with E-state index in [1.165, 1.54) is 16.9 Å². The van der Waals surface area contributed by atoms with E-state index in [9.17, 15) is 14.4 Å². The van der Waals surface area contributed by atoms with Crippen LogP contribution in [0.25, 0.3) is 16.9 Å². The number of carbonyl (C=O) groups excluding carboxylic acids is 2. The van der Waals surface area contributed by atoms with E-state index in [2.05, 4.69) is 86.7 Å². The molecule has 0 spiro atoms. The van der Waals surface area contributed by atoms with Gasteiger partial charge < -0.3 is 20.4 Å². The van der Waals surface area contributed by atoms with Crippen molar-refractivity contribution in [1.82, 2.24) is 34.9 Å². The molecule has 3 fully saturated rings. The predicted molar refractivity (Wildman–Crippen MR) is 232 cm³/mol. The molecule has 13 nitrogen and oxygen atoms in total. The molecular formula is C46H54N10O3. The Morgan fingerprint density at radius 1 is 0.831 bits per heavy atom. The summed E-state index contributed by atoms with van der Waals surface area (Å²) in [5.74, 6) is 1.59. The van der Waals surface area contributed by atoms with E-state index in [4.69, 9.17) is 9.97 Å². The van der Waals surface area contributed by atoms with Gasteiger partial charge in [0.1, 0.15) is 5.39 Å². The van der Waals surface area contributed by atoms with Gasteiger partial charge in [0.2, 0.25) is 17.8 Å². The van der Waals surface area contributed by atoms with E-state index in [0.29, 0.717) is 60.1 Å². The van der Waals surface area contributed by atoms with E-state index >= 15 is 0 Å². The number of aryl methyl sites for hydroxylation is 1. The van der Waals surface area contributed by atoms with E-state index in [1.807, 2.05) is 22.9 Å². The first kappa shape index (κ1) is 38.7. The van der Waals surface area contributed by atoms with Crippen molar-refractivity contribution in [1.29, 1.82) is 0 Å². The van der Waals surface area contributed by atoms with Crippen LogP contribution in [0.2, 0.25) is 0 Å². The van der Waals surface area contributed by atoms with Gasteiger partial charge in [-0.05, 0) is 117 Å². The number of hydrogen-bond donors (Lipinski definition) is 3. The first-order chi connectivity index (χ1) is 28.8. The molecule has 9 rings (SSSR count). The number of amides is 2. The van der Waals surface area contributed by atoms with Crippen LogP contribution in [0.1, 0.15) is 86.9 Å². The highest BCUT2D eigenvalue weighted by Crippen LogP contribution is 2.35. The molecule has 1 aliphatic carbocycles. The van der Waals surface area contributed by atoms with Gasteiger partial charge in [0, 0.05) is 73.5 Å². The highest BCUT2D eigenvalue weighted by Gasteiger charge is 2.29. The van der Waals surface area contributed by atoms with Crippen molar-refractivity contribution in [3.63, 3.8) is 0 Å². The molecular weight excluding hydrogens is 741 g/mol. The molecule has 306 valence electrons. The second-order valence-corrected chi connectivity index (χ2v) is 16.6. The summed E-state index contributed by atoms with van der Waals surface area (Å²) in [5.41, 5.74) is 7.03. The van der Waals surface area contributed by atoms with Crippen LogP contribution in [0.3, 0.4) is 0 Å². The van der Waals surface area contributed by atoms with Crippen LogP contribution in [0.4, 0.5) is 23.0 Å². The zero-order chi connectivity index (χ0) is 40.5. The fourth-order valence-electron chi connectivity index (χ4n) is 9.53. The molecule has 2 unspecified atom stereocenters. The lowest BCUT2D eigenvalue weighted by atomic mass is 9.90. The molecule has 2 aromatic carbocycles. The van der Waals surface area contributed by atoms with Gasteiger partial charge in [-0.2, -0.15) is 4.98 Å². The lowest BCUT2D eigenvalue weighted by molar-refractivity contribution is -0.134. The van der Waals surface area contributed by atoms with Crippen molar-refractivity contribution < 1.29 is 9.59 Å². The van der Waals surface area contributed by atoms with E-state index in [-0.39, 0.29) is 23.3 Å². The second kappa shape index (κ2) is 16.8. The van der Waals surface area contributed by atoms with Crippen LogP contribution in [-0.2, 0) is 22.6 Å². The average molecular weight is 795 g/mol. The number of piperidine rings is 3. The maximum absolute atomic E-state index is 13.5. The lowest BCUT2D eigenvalue weighted by Gasteiger charge is -2.37. The third kappa shape index (κ3) is 8.00. The van der Waals surface area contributed by atoms with Gasteiger partial charge in [0.15, 0.2) is 11.5 Å². The van der Waals surface area contributed by atoms with E-state index in [0.717, 1.165) is 94.6 Å². The Bertz CT molecular complexity index is 2390. The van der Waals surface area contributed by atoms with Crippen molar-refractivity contribution in [2.45, 2.75) is 89.1 Å². The van der Waals surface area contributed by atoms with Crippen LogP contribution >= 0.6 is 0 Å². The number of pyridine rings is 1. The Balaban J connectivity index is 0.765. The number of benzene rings is 2. The number of aromatic nitrogens is 5. The van der Waals surface area contributed by atoms with E-state index in [1.54, 1.807) is 17.0 Å².